The molecule has 0 unspecified atom stereocenters. The molecule has 110 valence electrons. The molecule has 0 radical (unpaired) electrons. The number of carbonyl (C=O) groups is 1. The highest BCUT2D eigenvalue weighted by Crippen LogP contribution is 2.39. The first-order chi connectivity index (χ1) is 9.30. The van der Waals surface area contributed by atoms with E-state index in [0.717, 1.165) is 10.0 Å². The van der Waals surface area contributed by atoms with Crippen molar-refractivity contribution in [3.8, 4) is 0 Å². The van der Waals surface area contributed by atoms with E-state index in [0.29, 0.717) is 11.5 Å². The minimum atomic E-state index is 0.110. The van der Waals surface area contributed by atoms with Gasteiger partial charge in [0.05, 0.1) is 5.69 Å². The van der Waals surface area contributed by atoms with E-state index in [-0.39, 0.29) is 5.78 Å². The van der Waals surface area contributed by atoms with Crippen molar-refractivity contribution in [3.05, 3.63) is 28.2 Å². The first-order valence-electron chi connectivity index (χ1n) is 7.33. The lowest BCUT2D eigenvalue weighted by atomic mass is 9.75. The summed E-state index contributed by atoms with van der Waals surface area (Å²) in [7, 11) is 2.16. The van der Waals surface area contributed by atoms with E-state index in [1.54, 1.807) is 6.92 Å². The SMILES string of the molecule is CC(=O)c1ccc(N(C)C2CCC(C)(C)CC2)c(Br)c1. The van der Waals surface area contributed by atoms with E-state index in [4.69, 9.17) is 0 Å². The van der Waals surface area contributed by atoms with Gasteiger partial charge >= 0.3 is 0 Å². The lowest BCUT2D eigenvalue weighted by molar-refractivity contribution is 0.101. The molecule has 3 heteroatoms. The lowest BCUT2D eigenvalue weighted by Gasteiger charge is -2.40. The van der Waals surface area contributed by atoms with Crippen molar-refractivity contribution < 1.29 is 4.79 Å². The van der Waals surface area contributed by atoms with Crippen molar-refractivity contribution >= 4 is 27.4 Å². The van der Waals surface area contributed by atoms with Gasteiger partial charge in [-0.2, -0.15) is 0 Å². The number of benzene rings is 1. The van der Waals surface area contributed by atoms with Crippen LogP contribution in [-0.4, -0.2) is 18.9 Å². The third-order valence-electron chi connectivity index (χ3n) is 4.59. The van der Waals surface area contributed by atoms with Gasteiger partial charge in [-0.15, -0.1) is 0 Å². The number of halogens is 1. The Kier molecular flexibility index (Phi) is 4.58. The van der Waals surface area contributed by atoms with Crippen molar-refractivity contribution in [2.75, 3.05) is 11.9 Å². The molecule has 0 atom stereocenters. The third-order valence-corrected chi connectivity index (χ3v) is 5.23. The Morgan fingerprint density at radius 3 is 2.40 bits per heavy atom. The first kappa shape index (κ1) is 15.6. The van der Waals surface area contributed by atoms with E-state index in [9.17, 15) is 4.79 Å². The average Bonchev–Trinajstić information content (AvgIpc) is 2.37. The van der Waals surface area contributed by atoms with E-state index >= 15 is 0 Å². The van der Waals surface area contributed by atoms with Gasteiger partial charge in [0.2, 0.25) is 0 Å². The fourth-order valence-corrected chi connectivity index (χ4v) is 3.64. The van der Waals surface area contributed by atoms with Crippen LogP contribution in [0.1, 0.15) is 56.8 Å². The Bertz CT molecular complexity index is 500. The quantitative estimate of drug-likeness (QED) is 0.718. The lowest BCUT2D eigenvalue weighted by Crippen LogP contribution is -2.37. The summed E-state index contributed by atoms with van der Waals surface area (Å²) in [5, 5.41) is 0. The Hall–Kier alpha value is -0.830. The van der Waals surface area contributed by atoms with E-state index < -0.39 is 0 Å². The summed E-state index contributed by atoms with van der Waals surface area (Å²) in [5.74, 6) is 0.110. The molecule has 0 aromatic heterocycles. The number of nitrogens with zero attached hydrogens (tertiary/aromatic N) is 1. The molecule has 1 saturated carbocycles. The Balaban J connectivity index is 2.13. The van der Waals surface area contributed by atoms with Crippen LogP contribution < -0.4 is 4.90 Å². The summed E-state index contributed by atoms with van der Waals surface area (Å²) >= 11 is 3.61. The molecule has 1 aromatic rings. The summed E-state index contributed by atoms with van der Waals surface area (Å²) in [6.45, 7) is 6.33. The second kappa shape index (κ2) is 5.88. The topological polar surface area (TPSA) is 20.3 Å². The molecule has 0 amide bonds. The van der Waals surface area contributed by atoms with Crippen LogP contribution in [0.15, 0.2) is 22.7 Å². The molecule has 0 saturated heterocycles. The minimum absolute atomic E-state index is 0.110. The maximum absolute atomic E-state index is 11.4. The second-order valence-electron chi connectivity index (χ2n) is 6.73. The molecule has 1 fully saturated rings. The molecule has 1 aliphatic carbocycles. The number of anilines is 1. The summed E-state index contributed by atoms with van der Waals surface area (Å²) in [4.78, 5) is 13.8. The van der Waals surface area contributed by atoms with Crippen LogP contribution in [0.3, 0.4) is 0 Å². The van der Waals surface area contributed by atoms with Crippen molar-refractivity contribution in [1.82, 2.24) is 0 Å². The monoisotopic (exact) mass is 337 g/mol. The number of hydrogen-bond acceptors (Lipinski definition) is 2. The van der Waals surface area contributed by atoms with Gasteiger partial charge < -0.3 is 4.90 Å². The number of rotatable bonds is 3. The van der Waals surface area contributed by atoms with Gasteiger partial charge in [-0.05, 0) is 72.2 Å². The van der Waals surface area contributed by atoms with Crippen LogP contribution in [0.5, 0.6) is 0 Å². The Morgan fingerprint density at radius 1 is 1.30 bits per heavy atom. The zero-order valence-corrected chi connectivity index (χ0v) is 14.5. The molecule has 0 aliphatic heterocycles. The molecule has 2 rings (SSSR count). The van der Waals surface area contributed by atoms with Gasteiger partial charge in [0.1, 0.15) is 0 Å². The maximum Gasteiger partial charge on any atom is 0.159 e. The molecule has 1 aromatic carbocycles. The largest absolute Gasteiger partial charge is 0.371 e. The van der Waals surface area contributed by atoms with Gasteiger partial charge in [-0.3, -0.25) is 4.79 Å². The predicted octanol–water partition coefficient (Wildman–Crippen LogP) is 5.06. The summed E-state index contributed by atoms with van der Waals surface area (Å²) in [5.41, 5.74) is 2.44. The number of carbonyl (C=O) groups excluding carboxylic acids is 1. The van der Waals surface area contributed by atoms with Gasteiger partial charge in [0.15, 0.2) is 5.78 Å². The molecule has 2 nitrogen and oxygen atoms in total. The van der Waals surface area contributed by atoms with Gasteiger partial charge in [-0.1, -0.05) is 13.8 Å². The predicted molar refractivity (Wildman–Crippen MR) is 88.6 cm³/mol. The molecule has 1 aliphatic rings. The Morgan fingerprint density at radius 2 is 1.90 bits per heavy atom. The molecule has 0 spiro atoms. The Labute approximate surface area is 130 Å². The van der Waals surface area contributed by atoms with Crippen LogP contribution in [0.2, 0.25) is 0 Å². The zero-order valence-electron chi connectivity index (χ0n) is 12.9. The van der Waals surface area contributed by atoms with E-state index in [1.807, 2.05) is 12.1 Å². The number of Topliss-reactive ketones (excluding diaryl/α,β-unsaturated/α-hetero) is 1. The van der Waals surface area contributed by atoms with E-state index in [2.05, 4.69) is 47.8 Å². The summed E-state index contributed by atoms with van der Waals surface area (Å²) < 4.78 is 1.01. The molecule has 20 heavy (non-hydrogen) atoms. The van der Waals surface area contributed by atoms with Gasteiger partial charge in [0, 0.05) is 23.1 Å². The van der Waals surface area contributed by atoms with Crippen LogP contribution >= 0.6 is 15.9 Å². The maximum atomic E-state index is 11.4. The van der Waals surface area contributed by atoms with Crippen molar-refractivity contribution in [2.45, 2.75) is 52.5 Å². The minimum Gasteiger partial charge on any atom is -0.371 e. The van der Waals surface area contributed by atoms with Crippen LogP contribution in [-0.2, 0) is 0 Å². The molecular weight excluding hydrogens is 314 g/mol. The highest BCUT2D eigenvalue weighted by atomic mass is 79.9. The fourth-order valence-electron chi connectivity index (χ4n) is 2.98. The zero-order chi connectivity index (χ0) is 14.9. The molecular formula is C17H24BrNO. The smallest absolute Gasteiger partial charge is 0.159 e. The first-order valence-corrected chi connectivity index (χ1v) is 8.13. The van der Waals surface area contributed by atoms with Gasteiger partial charge in [-0.25, -0.2) is 0 Å². The highest BCUT2D eigenvalue weighted by Gasteiger charge is 2.29. The molecule has 0 N–H and O–H groups in total. The third kappa shape index (κ3) is 3.43. The van der Waals surface area contributed by atoms with Crippen LogP contribution in [0.4, 0.5) is 5.69 Å². The van der Waals surface area contributed by atoms with Crippen LogP contribution in [0, 0.1) is 5.41 Å². The average molecular weight is 338 g/mol. The van der Waals surface area contributed by atoms with Crippen molar-refractivity contribution in [1.29, 1.82) is 0 Å². The highest BCUT2D eigenvalue weighted by molar-refractivity contribution is 9.10. The standard InChI is InChI=1S/C17H24BrNO/c1-12(20)13-5-6-16(15(18)11-13)19(4)14-7-9-17(2,3)10-8-14/h5-6,11,14H,7-10H2,1-4H3. The van der Waals surface area contributed by atoms with Crippen molar-refractivity contribution in [2.24, 2.45) is 5.41 Å². The summed E-state index contributed by atoms with van der Waals surface area (Å²) in [6.07, 6.45) is 5.05. The molecule has 0 bridgehead atoms. The van der Waals surface area contributed by atoms with Gasteiger partial charge in [0.25, 0.3) is 0 Å². The fraction of sp³-hybridized carbons (Fsp3) is 0.588. The number of hydrogen-bond donors (Lipinski definition) is 0. The van der Waals surface area contributed by atoms with Crippen LogP contribution in [0.25, 0.3) is 0 Å². The van der Waals surface area contributed by atoms with E-state index in [1.165, 1.54) is 31.4 Å². The number of ketones is 1. The van der Waals surface area contributed by atoms with Crippen molar-refractivity contribution in [3.63, 3.8) is 0 Å². The molecule has 0 heterocycles. The normalized spacial score (nSPS) is 18.9. The second-order valence-corrected chi connectivity index (χ2v) is 7.58. The summed E-state index contributed by atoms with van der Waals surface area (Å²) in [6, 6.07) is 6.51.